The largest absolute Gasteiger partial charge is 0.478 e. The molecule has 0 aromatic heterocycles. The van der Waals surface area contributed by atoms with Crippen molar-refractivity contribution in [3.05, 3.63) is 166 Å². The summed E-state index contributed by atoms with van der Waals surface area (Å²) in [5.74, 6) is 0.896. The average molecular weight is 689 g/mol. The van der Waals surface area contributed by atoms with Crippen molar-refractivity contribution in [2.24, 2.45) is 0 Å². The summed E-state index contributed by atoms with van der Waals surface area (Å²) < 4.78 is 12.4. The van der Waals surface area contributed by atoms with E-state index in [2.05, 4.69) is 0 Å². The Kier molecular flexibility index (Phi) is 7.13. The Balaban J connectivity index is 1.06. The number of aliphatic hydroxyl groups excluding tert-OH is 2. The quantitative estimate of drug-likeness (QED) is 0.254. The second kappa shape index (κ2) is 11.9. The third kappa shape index (κ3) is 4.60. The first kappa shape index (κ1) is 31.1. The molecule has 2 N–H and O–H groups in total. The first-order chi connectivity index (χ1) is 25.5. The SMILES string of the molecule is O=C1[C@H](Oc2ccccc2)[C@@H]2[C@H](O)C(c3ccccc3)=C3CC(C4=C5CN6C(=O)[C@H](Oc7ccccc7)[C@@H]6[C@H](O)C(c6ccccc6)=C5C4)=C3CN12. The molecule has 6 atom stereocenters. The number of carbonyl (C=O) groups is 2. The van der Waals surface area contributed by atoms with E-state index in [1.165, 1.54) is 0 Å². The third-order valence-corrected chi connectivity index (χ3v) is 11.6. The summed E-state index contributed by atoms with van der Waals surface area (Å²) in [6, 6.07) is 37.3. The van der Waals surface area contributed by atoms with Crippen LogP contribution < -0.4 is 9.47 Å². The van der Waals surface area contributed by atoms with Crippen LogP contribution in [0, 0.1) is 0 Å². The van der Waals surface area contributed by atoms with Gasteiger partial charge >= 0.3 is 0 Å². The molecule has 4 aromatic carbocycles. The number of carbonyl (C=O) groups excluding carboxylic acids is 2. The number of nitrogens with zero attached hydrogens (tertiary/aromatic N) is 2. The van der Waals surface area contributed by atoms with Crippen LogP contribution in [0.5, 0.6) is 11.5 Å². The fourth-order valence-corrected chi connectivity index (χ4v) is 9.02. The van der Waals surface area contributed by atoms with Crippen molar-refractivity contribution < 1.29 is 29.3 Å². The van der Waals surface area contributed by atoms with Gasteiger partial charge in [-0.2, -0.15) is 0 Å². The minimum atomic E-state index is -0.934. The molecule has 0 radical (unpaired) electrons. The molecular formula is C44H36N2O6. The van der Waals surface area contributed by atoms with Gasteiger partial charge in [0.15, 0.2) is 12.2 Å². The molecule has 8 heteroatoms. The molecule has 2 saturated heterocycles. The van der Waals surface area contributed by atoms with Crippen LogP contribution >= 0.6 is 0 Å². The van der Waals surface area contributed by atoms with Crippen molar-refractivity contribution in [3.8, 4) is 11.5 Å². The molecule has 2 fully saturated rings. The molecule has 6 aliphatic rings. The van der Waals surface area contributed by atoms with E-state index in [1.807, 2.05) is 121 Å². The Morgan fingerprint density at radius 1 is 0.462 bits per heavy atom. The Labute approximate surface area is 301 Å². The molecule has 0 bridgehead atoms. The fraction of sp³-hybridized carbons (Fsp3) is 0.227. The lowest BCUT2D eigenvalue weighted by Gasteiger charge is -2.48. The van der Waals surface area contributed by atoms with Gasteiger partial charge < -0.3 is 29.5 Å². The number of amides is 2. The second-order valence-corrected chi connectivity index (χ2v) is 14.3. The van der Waals surface area contributed by atoms with Crippen LogP contribution in [0.15, 0.2) is 155 Å². The van der Waals surface area contributed by atoms with Crippen molar-refractivity contribution in [1.82, 2.24) is 9.80 Å². The van der Waals surface area contributed by atoms with E-state index in [0.717, 1.165) is 55.7 Å². The van der Waals surface area contributed by atoms with Crippen molar-refractivity contribution >= 4 is 23.0 Å². The summed E-state index contributed by atoms with van der Waals surface area (Å²) in [7, 11) is 0. The predicted molar refractivity (Wildman–Crippen MR) is 195 cm³/mol. The van der Waals surface area contributed by atoms with Crippen LogP contribution in [-0.4, -0.2) is 81.4 Å². The van der Waals surface area contributed by atoms with E-state index < -0.39 is 36.5 Å². The number of para-hydroxylation sites is 2. The minimum Gasteiger partial charge on any atom is -0.478 e. The fourth-order valence-electron chi connectivity index (χ4n) is 9.02. The summed E-state index contributed by atoms with van der Waals surface area (Å²) in [5, 5.41) is 24.1. The van der Waals surface area contributed by atoms with Crippen LogP contribution in [-0.2, 0) is 9.59 Å². The lowest BCUT2D eigenvalue weighted by Crippen LogP contribution is -2.70. The number of hydrogen-bond acceptors (Lipinski definition) is 6. The summed E-state index contributed by atoms with van der Waals surface area (Å²) in [6.07, 6.45) is -2.18. The first-order valence-corrected chi connectivity index (χ1v) is 17.9. The van der Waals surface area contributed by atoms with Gasteiger partial charge in [0, 0.05) is 13.1 Å². The average Bonchev–Trinajstić information content (AvgIpc) is 3.31. The molecule has 4 aliphatic heterocycles. The summed E-state index contributed by atoms with van der Waals surface area (Å²) in [5.41, 5.74) is 10.1. The van der Waals surface area contributed by atoms with Crippen LogP contribution in [0.4, 0.5) is 0 Å². The molecule has 52 heavy (non-hydrogen) atoms. The van der Waals surface area contributed by atoms with Crippen LogP contribution in [0.25, 0.3) is 11.1 Å². The number of allylic oxidation sites excluding steroid dienone is 2. The van der Waals surface area contributed by atoms with Crippen LogP contribution in [0.3, 0.4) is 0 Å². The Morgan fingerprint density at radius 2 is 0.808 bits per heavy atom. The zero-order chi connectivity index (χ0) is 35.1. The van der Waals surface area contributed by atoms with E-state index in [9.17, 15) is 19.8 Å². The van der Waals surface area contributed by atoms with Gasteiger partial charge in [0.05, 0.1) is 0 Å². The summed E-state index contributed by atoms with van der Waals surface area (Å²) >= 11 is 0. The molecule has 2 aliphatic carbocycles. The minimum absolute atomic E-state index is 0.144. The molecule has 4 heterocycles. The summed E-state index contributed by atoms with van der Waals surface area (Å²) in [6.45, 7) is 0.747. The zero-order valence-electron chi connectivity index (χ0n) is 28.3. The van der Waals surface area contributed by atoms with Crippen molar-refractivity contribution in [2.75, 3.05) is 13.1 Å². The second-order valence-electron chi connectivity index (χ2n) is 14.3. The molecule has 2 amide bonds. The molecule has 8 nitrogen and oxygen atoms in total. The Morgan fingerprint density at radius 3 is 1.17 bits per heavy atom. The van der Waals surface area contributed by atoms with E-state index >= 15 is 0 Å². The van der Waals surface area contributed by atoms with Gasteiger partial charge in [-0.1, -0.05) is 97.1 Å². The van der Waals surface area contributed by atoms with Gasteiger partial charge in [0.25, 0.3) is 11.8 Å². The molecule has 0 spiro atoms. The Hall–Kier alpha value is -5.70. The topological polar surface area (TPSA) is 99.5 Å². The number of benzene rings is 4. The number of hydrogen-bond donors (Lipinski definition) is 2. The highest BCUT2D eigenvalue weighted by Gasteiger charge is 2.59. The molecule has 0 unspecified atom stereocenters. The molecule has 258 valence electrons. The number of β-lactam (4-membered cyclic amide) rings is 2. The molecule has 10 rings (SSSR count). The monoisotopic (exact) mass is 688 g/mol. The number of ether oxygens (including phenoxy) is 2. The lowest BCUT2D eigenvalue weighted by molar-refractivity contribution is -0.168. The number of fused-ring (bicyclic) bond motifs is 4. The first-order valence-electron chi connectivity index (χ1n) is 17.9. The highest BCUT2D eigenvalue weighted by Crippen LogP contribution is 2.56. The highest BCUT2D eigenvalue weighted by molar-refractivity contribution is 5.96. The maximum atomic E-state index is 13.7. The van der Waals surface area contributed by atoms with Crippen molar-refractivity contribution in [3.63, 3.8) is 0 Å². The van der Waals surface area contributed by atoms with Gasteiger partial charge in [0.1, 0.15) is 35.8 Å². The van der Waals surface area contributed by atoms with Crippen LogP contribution in [0.1, 0.15) is 24.0 Å². The van der Waals surface area contributed by atoms with Gasteiger partial charge in [0.2, 0.25) is 0 Å². The smallest absolute Gasteiger partial charge is 0.266 e. The number of rotatable bonds is 7. The standard InChI is InChI=1S/C44H36N2O6/c47-39-35(25-13-5-1-6-14-25)31-21-29(33(31)23-45-37(39)41(43(45)49)51-27-17-9-3-10-18-27)30-22-32-34(30)24-46-38(40(48)36(32)26-15-7-2-8-16-26)42(44(46)50)52-28-19-11-4-12-20-28/h1-20,37-42,47-48H,21-24H2/t37-,38-,39+,40+,41+,42+/m0/s1. The third-order valence-electron chi connectivity index (χ3n) is 11.6. The van der Waals surface area contributed by atoms with Crippen molar-refractivity contribution in [1.29, 1.82) is 0 Å². The maximum absolute atomic E-state index is 13.7. The van der Waals surface area contributed by atoms with Gasteiger partial charge in [-0.25, -0.2) is 0 Å². The molecule has 4 aromatic rings. The zero-order valence-corrected chi connectivity index (χ0v) is 28.3. The van der Waals surface area contributed by atoms with E-state index in [-0.39, 0.29) is 11.8 Å². The normalized spacial score (nSPS) is 27.6. The number of aliphatic hydroxyl groups is 2. The van der Waals surface area contributed by atoms with E-state index in [4.69, 9.17) is 9.47 Å². The molecule has 0 saturated carbocycles. The van der Waals surface area contributed by atoms with Crippen LogP contribution in [0.2, 0.25) is 0 Å². The van der Waals surface area contributed by atoms with E-state index in [0.29, 0.717) is 37.4 Å². The van der Waals surface area contributed by atoms with Crippen molar-refractivity contribution in [2.45, 2.75) is 49.3 Å². The predicted octanol–water partition coefficient (Wildman–Crippen LogP) is 5.36. The van der Waals surface area contributed by atoms with Gasteiger partial charge in [-0.05, 0) is 92.8 Å². The summed E-state index contributed by atoms with van der Waals surface area (Å²) in [4.78, 5) is 31.0. The molecular weight excluding hydrogens is 652 g/mol. The highest BCUT2D eigenvalue weighted by atomic mass is 16.5. The van der Waals surface area contributed by atoms with Gasteiger partial charge in [-0.15, -0.1) is 0 Å². The Bertz CT molecular complexity index is 2080. The lowest BCUT2D eigenvalue weighted by atomic mass is 9.66. The maximum Gasteiger partial charge on any atom is 0.266 e. The van der Waals surface area contributed by atoms with Gasteiger partial charge in [-0.3, -0.25) is 9.59 Å². The van der Waals surface area contributed by atoms with E-state index in [1.54, 1.807) is 9.80 Å².